The van der Waals surface area contributed by atoms with Crippen LogP contribution in [0.25, 0.3) is 0 Å². The summed E-state index contributed by atoms with van der Waals surface area (Å²) >= 11 is 0. The van der Waals surface area contributed by atoms with Crippen LogP contribution in [0.3, 0.4) is 0 Å². The molecule has 24 heavy (non-hydrogen) atoms. The number of nitrogens with one attached hydrogen (secondary N) is 2. The minimum Gasteiger partial charge on any atom is -0.393 e. The maximum Gasteiger partial charge on any atom is 0.226 e. The number of anilines is 1. The fraction of sp³-hybridized carbons (Fsp3) is 0.611. The summed E-state index contributed by atoms with van der Waals surface area (Å²) in [6.45, 7) is 4.81. The first-order chi connectivity index (χ1) is 11.7. The lowest BCUT2D eigenvalue weighted by Gasteiger charge is -2.29. The molecule has 0 spiro atoms. The van der Waals surface area contributed by atoms with Crippen LogP contribution in [-0.2, 0) is 16.1 Å². The molecule has 2 saturated heterocycles. The zero-order valence-electron chi connectivity index (χ0n) is 14.0. The van der Waals surface area contributed by atoms with Crippen LogP contribution in [0.1, 0.15) is 24.8 Å². The molecule has 0 saturated carbocycles. The van der Waals surface area contributed by atoms with Crippen molar-refractivity contribution in [3.63, 3.8) is 0 Å². The Morgan fingerprint density at radius 1 is 1.38 bits per heavy atom. The Morgan fingerprint density at radius 2 is 2.21 bits per heavy atom. The number of hydrogen-bond acceptors (Lipinski definition) is 5. The van der Waals surface area contributed by atoms with E-state index in [-0.39, 0.29) is 18.1 Å². The molecule has 132 valence electrons. The van der Waals surface area contributed by atoms with Crippen molar-refractivity contribution in [1.29, 1.82) is 0 Å². The number of amides is 1. The van der Waals surface area contributed by atoms with E-state index in [1.165, 1.54) is 5.56 Å². The number of aliphatic hydroxyl groups is 1. The highest BCUT2D eigenvalue weighted by Crippen LogP contribution is 2.17. The van der Waals surface area contributed by atoms with Crippen LogP contribution < -0.4 is 10.6 Å². The summed E-state index contributed by atoms with van der Waals surface area (Å²) in [5, 5.41) is 15.9. The molecule has 0 bridgehead atoms. The lowest BCUT2D eigenvalue weighted by molar-refractivity contribution is -0.117. The summed E-state index contributed by atoms with van der Waals surface area (Å²) in [6.07, 6.45) is 1.96. The number of carbonyl (C=O) groups excluding carboxylic acids is 1. The fourth-order valence-corrected chi connectivity index (χ4v) is 3.27. The molecule has 6 nitrogen and oxygen atoms in total. The van der Waals surface area contributed by atoms with Gasteiger partial charge < -0.3 is 20.5 Å². The van der Waals surface area contributed by atoms with Gasteiger partial charge in [-0.15, -0.1) is 0 Å². The minimum absolute atomic E-state index is 0.0104. The van der Waals surface area contributed by atoms with Gasteiger partial charge in [0.15, 0.2) is 0 Å². The first-order valence-electron chi connectivity index (χ1n) is 8.79. The topological polar surface area (TPSA) is 73.8 Å². The van der Waals surface area contributed by atoms with E-state index >= 15 is 0 Å². The van der Waals surface area contributed by atoms with Crippen molar-refractivity contribution in [3.8, 4) is 0 Å². The number of rotatable bonds is 5. The van der Waals surface area contributed by atoms with Crippen molar-refractivity contribution in [2.45, 2.75) is 38.0 Å². The van der Waals surface area contributed by atoms with Gasteiger partial charge in [0.25, 0.3) is 0 Å². The zero-order valence-corrected chi connectivity index (χ0v) is 14.0. The standard InChI is InChI=1S/C18H27N3O3/c22-17-4-7-21(8-5-17)12-14-2-1-3-15(10-14)20-18(23)11-16-13-24-9-6-19-16/h1-3,10,16-17,19,22H,4-9,11-13H2,(H,20,23). The molecule has 2 heterocycles. The molecule has 3 N–H and O–H groups in total. The molecule has 1 aromatic carbocycles. The number of ether oxygens (including phenoxy) is 1. The van der Waals surface area contributed by atoms with Crippen LogP contribution in [0.4, 0.5) is 5.69 Å². The number of hydrogen-bond donors (Lipinski definition) is 3. The second kappa shape index (κ2) is 8.58. The molecular weight excluding hydrogens is 306 g/mol. The van der Waals surface area contributed by atoms with E-state index in [4.69, 9.17) is 4.74 Å². The third-order valence-corrected chi connectivity index (χ3v) is 4.60. The van der Waals surface area contributed by atoms with Crippen LogP contribution in [0.15, 0.2) is 24.3 Å². The second-order valence-corrected chi connectivity index (χ2v) is 6.69. The normalized spacial score (nSPS) is 23.1. The van der Waals surface area contributed by atoms with Crippen LogP contribution in [-0.4, -0.2) is 60.9 Å². The van der Waals surface area contributed by atoms with Crippen molar-refractivity contribution in [1.82, 2.24) is 10.2 Å². The minimum atomic E-state index is -0.149. The van der Waals surface area contributed by atoms with Gasteiger partial charge in [0.1, 0.15) is 0 Å². The Balaban J connectivity index is 1.50. The molecule has 1 amide bonds. The molecule has 2 aliphatic heterocycles. The van der Waals surface area contributed by atoms with Gasteiger partial charge >= 0.3 is 0 Å². The smallest absolute Gasteiger partial charge is 0.226 e. The quantitative estimate of drug-likeness (QED) is 0.748. The largest absolute Gasteiger partial charge is 0.393 e. The predicted molar refractivity (Wildman–Crippen MR) is 92.8 cm³/mol. The summed E-state index contributed by atoms with van der Waals surface area (Å²) < 4.78 is 5.38. The van der Waals surface area contributed by atoms with E-state index < -0.39 is 0 Å². The van der Waals surface area contributed by atoms with E-state index in [1.807, 2.05) is 18.2 Å². The van der Waals surface area contributed by atoms with E-state index in [0.29, 0.717) is 19.6 Å². The fourth-order valence-electron chi connectivity index (χ4n) is 3.27. The van der Waals surface area contributed by atoms with Crippen molar-refractivity contribution in [3.05, 3.63) is 29.8 Å². The van der Waals surface area contributed by atoms with E-state index in [1.54, 1.807) is 0 Å². The third kappa shape index (κ3) is 5.27. The monoisotopic (exact) mass is 333 g/mol. The van der Waals surface area contributed by atoms with Gasteiger partial charge in [0.2, 0.25) is 5.91 Å². The van der Waals surface area contributed by atoms with Crippen molar-refractivity contribution >= 4 is 11.6 Å². The lowest BCUT2D eigenvalue weighted by Crippen LogP contribution is -2.43. The average molecular weight is 333 g/mol. The van der Waals surface area contributed by atoms with Crippen LogP contribution in [0.2, 0.25) is 0 Å². The van der Waals surface area contributed by atoms with Crippen LogP contribution in [0.5, 0.6) is 0 Å². The molecule has 1 atom stereocenters. The lowest BCUT2D eigenvalue weighted by atomic mass is 10.1. The van der Waals surface area contributed by atoms with E-state index in [0.717, 1.165) is 44.7 Å². The molecule has 0 radical (unpaired) electrons. The van der Waals surface area contributed by atoms with Gasteiger partial charge in [-0.3, -0.25) is 9.69 Å². The van der Waals surface area contributed by atoms with Crippen LogP contribution in [0, 0.1) is 0 Å². The van der Waals surface area contributed by atoms with Gasteiger partial charge in [-0.05, 0) is 30.5 Å². The van der Waals surface area contributed by atoms with E-state index in [2.05, 4.69) is 21.6 Å². The number of piperidine rings is 1. The number of aliphatic hydroxyl groups excluding tert-OH is 1. The molecule has 2 aliphatic rings. The number of carbonyl (C=O) groups is 1. The van der Waals surface area contributed by atoms with E-state index in [9.17, 15) is 9.90 Å². The predicted octanol–water partition coefficient (Wildman–Crippen LogP) is 0.960. The van der Waals surface area contributed by atoms with Crippen molar-refractivity contribution in [2.75, 3.05) is 38.2 Å². The van der Waals surface area contributed by atoms with Crippen LogP contribution >= 0.6 is 0 Å². The number of likely N-dealkylation sites (tertiary alicyclic amines) is 1. The van der Waals surface area contributed by atoms with Gasteiger partial charge in [-0.1, -0.05) is 12.1 Å². The van der Waals surface area contributed by atoms with Gasteiger partial charge in [0, 0.05) is 44.3 Å². The second-order valence-electron chi connectivity index (χ2n) is 6.69. The first-order valence-corrected chi connectivity index (χ1v) is 8.79. The third-order valence-electron chi connectivity index (χ3n) is 4.60. The Hall–Kier alpha value is -1.47. The molecule has 1 unspecified atom stereocenters. The summed E-state index contributed by atoms with van der Waals surface area (Å²) in [5.41, 5.74) is 2.02. The van der Waals surface area contributed by atoms with Gasteiger partial charge in [0.05, 0.1) is 19.3 Å². The number of morpholine rings is 1. The summed E-state index contributed by atoms with van der Waals surface area (Å²) in [7, 11) is 0. The highest BCUT2D eigenvalue weighted by atomic mass is 16.5. The summed E-state index contributed by atoms with van der Waals surface area (Å²) in [6, 6.07) is 8.12. The van der Waals surface area contributed by atoms with Gasteiger partial charge in [-0.25, -0.2) is 0 Å². The zero-order chi connectivity index (χ0) is 16.8. The number of nitrogens with zero attached hydrogens (tertiary/aromatic N) is 1. The molecular formula is C18H27N3O3. The van der Waals surface area contributed by atoms with Gasteiger partial charge in [-0.2, -0.15) is 0 Å². The highest BCUT2D eigenvalue weighted by Gasteiger charge is 2.18. The maximum absolute atomic E-state index is 12.2. The molecule has 1 aromatic rings. The SMILES string of the molecule is O=C(CC1COCCN1)Nc1cccc(CN2CCC(O)CC2)c1. The van der Waals surface area contributed by atoms with Crippen molar-refractivity contribution in [2.24, 2.45) is 0 Å². The maximum atomic E-state index is 12.2. The Kier molecular flexibility index (Phi) is 6.20. The summed E-state index contributed by atoms with van der Waals surface area (Å²) in [5.74, 6) is 0.0104. The first kappa shape index (κ1) is 17.4. The Bertz CT molecular complexity index is 538. The Labute approximate surface area is 143 Å². The molecule has 0 aliphatic carbocycles. The molecule has 6 heteroatoms. The van der Waals surface area contributed by atoms with Crippen molar-refractivity contribution < 1.29 is 14.6 Å². The molecule has 2 fully saturated rings. The Morgan fingerprint density at radius 3 is 2.96 bits per heavy atom. The summed E-state index contributed by atoms with van der Waals surface area (Å²) in [4.78, 5) is 14.5. The molecule has 0 aromatic heterocycles. The number of benzene rings is 1. The average Bonchev–Trinajstić information content (AvgIpc) is 2.58. The highest BCUT2D eigenvalue weighted by molar-refractivity contribution is 5.91. The molecule has 3 rings (SSSR count).